The van der Waals surface area contributed by atoms with Gasteiger partial charge in [0.2, 0.25) is 0 Å². The lowest BCUT2D eigenvalue weighted by atomic mass is 9.79. The highest BCUT2D eigenvalue weighted by molar-refractivity contribution is 6.34. The summed E-state index contributed by atoms with van der Waals surface area (Å²) >= 11 is 6.44. The average Bonchev–Trinajstić information content (AvgIpc) is 3.01. The number of benzene rings is 1. The van der Waals surface area contributed by atoms with E-state index in [1.807, 2.05) is 18.2 Å². The Labute approximate surface area is 180 Å². The van der Waals surface area contributed by atoms with E-state index >= 15 is 0 Å². The van der Waals surface area contributed by atoms with E-state index in [9.17, 15) is 14.4 Å². The number of anilines is 2. The van der Waals surface area contributed by atoms with Crippen molar-refractivity contribution in [2.24, 2.45) is 5.92 Å². The molecule has 1 aromatic carbocycles. The van der Waals surface area contributed by atoms with Crippen LogP contribution >= 0.6 is 11.6 Å². The van der Waals surface area contributed by atoms with Crippen LogP contribution in [-0.2, 0) is 9.53 Å². The molecule has 3 N–H and O–H groups in total. The molecule has 0 aromatic heterocycles. The number of nitrogens with zero attached hydrogens (tertiary/aromatic N) is 2. The first-order valence-electron chi connectivity index (χ1n) is 10.2. The topological polar surface area (TPSA) is 103 Å². The van der Waals surface area contributed by atoms with Crippen LogP contribution in [0, 0.1) is 5.92 Å². The number of para-hydroxylation sites is 1. The number of likely N-dealkylation sites (tertiary alicyclic amines) is 1. The Balaban J connectivity index is 1.41. The Morgan fingerprint density at radius 1 is 1.20 bits per heavy atom. The van der Waals surface area contributed by atoms with Gasteiger partial charge in [-0.1, -0.05) is 17.7 Å². The number of piperidine rings is 1. The predicted octanol–water partition coefficient (Wildman–Crippen LogP) is 2.02. The van der Waals surface area contributed by atoms with E-state index in [1.54, 1.807) is 11.8 Å². The molecule has 1 atom stereocenters. The van der Waals surface area contributed by atoms with Crippen LogP contribution in [0.4, 0.5) is 21.0 Å². The molecule has 3 heterocycles. The Morgan fingerprint density at radius 2 is 1.90 bits per heavy atom. The third kappa shape index (κ3) is 3.91. The molecule has 0 saturated carbocycles. The zero-order valence-corrected chi connectivity index (χ0v) is 17.6. The van der Waals surface area contributed by atoms with Crippen molar-refractivity contribution in [3.05, 3.63) is 23.2 Å². The zero-order chi connectivity index (χ0) is 21.3. The number of nitrogens with one attached hydrogen (secondary N) is 3. The molecule has 3 fully saturated rings. The molecule has 162 valence electrons. The van der Waals surface area contributed by atoms with E-state index in [1.165, 1.54) is 0 Å². The number of hydrogen-bond acceptors (Lipinski definition) is 5. The van der Waals surface area contributed by atoms with Crippen LogP contribution in [0.2, 0.25) is 5.02 Å². The van der Waals surface area contributed by atoms with E-state index < -0.39 is 11.6 Å². The number of urea groups is 2. The van der Waals surface area contributed by atoms with Crippen LogP contribution in [0.1, 0.15) is 19.8 Å². The van der Waals surface area contributed by atoms with Crippen LogP contribution in [0.3, 0.4) is 0 Å². The number of morpholine rings is 1. The average molecular weight is 436 g/mol. The zero-order valence-electron chi connectivity index (χ0n) is 16.9. The van der Waals surface area contributed by atoms with Crippen LogP contribution in [0.15, 0.2) is 18.2 Å². The second-order valence-corrected chi connectivity index (χ2v) is 8.44. The molecule has 10 heteroatoms. The summed E-state index contributed by atoms with van der Waals surface area (Å²) in [5.41, 5.74) is 0.560. The number of carbonyl (C=O) groups is 3. The number of halogens is 1. The molecular formula is C20H26ClN5O4. The van der Waals surface area contributed by atoms with E-state index in [2.05, 4.69) is 20.9 Å². The van der Waals surface area contributed by atoms with Crippen LogP contribution in [-0.4, -0.2) is 67.8 Å². The van der Waals surface area contributed by atoms with Crippen LogP contribution in [0.25, 0.3) is 0 Å². The van der Waals surface area contributed by atoms with Gasteiger partial charge in [0, 0.05) is 26.2 Å². The van der Waals surface area contributed by atoms with Crippen LogP contribution in [0.5, 0.6) is 0 Å². The summed E-state index contributed by atoms with van der Waals surface area (Å²) in [6, 6.07) is 4.82. The number of ether oxygens (including phenoxy) is 1. The Bertz CT molecular complexity index is 852. The van der Waals surface area contributed by atoms with E-state index in [0.717, 1.165) is 5.69 Å². The summed E-state index contributed by atoms with van der Waals surface area (Å²) in [6.07, 6.45) is 1.26. The first kappa shape index (κ1) is 20.7. The molecule has 3 aliphatic rings. The monoisotopic (exact) mass is 435 g/mol. The number of imide groups is 1. The SMILES string of the molecule is CC1(C2CCN(C(=O)Nc3cccc(Cl)c3N3CCOCC3)CC2)NC(=O)NC1=O. The molecule has 1 aromatic rings. The van der Waals surface area contributed by atoms with E-state index in [4.69, 9.17) is 16.3 Å². The Hall–Kier alpha value is -2.52. The molecule has 9 nitrogen and oxygen atoms in total. The maximum absolute atomic E-state index is 12.9. The van der Waals surface area contributed by atoms with Gasteiger partial charge in [0.25, 0.3) is 5.91 Å². The molecule has 1 unspecified atom stereocenters. The normalized spacial score (nSPS) is 25.1. The maximum atomic E-state index is 12.9. The van der Waals surface area contributed by atoms with Crippen molar-refractivity contribution in [1.82, 2.24) is 15.5 Å². The van der Waals surface area contributed by atoms with Gasteiger partial charge in [0.15, 0.2) is 0 Å². The lowest BCUT2D eigenvalue weighted by molar-refractivity contribution is -0.125. The van der Waals surface area contributed by atoms with Gasteiger partial charge in [-0.25, -0.2) is 9.59 Å². The quantitative estimate of drug-likeness (QED) is 0.630. The highest BCUT2D eigenvalue weighted by atomic mass is 35.5. The maximum Gasteiger partial charge on any atom is 0.322 e. The van der Waals surface area contributed by atoms with Crippen molar-refractivity contribution in [2.75, 3.05) is 49.6 Å². The van der Waals surface area contributed by atoms with Gasteiger partial charge in [-0.2, -0.15) is 0 Å². The molecule has 0 radical (unpaired) electrons. The summed E-state index contributed by atoms with van der Waals surface area (Å²) in [4.78, 5) is 40.5. The Kier molecular flexibility index (Phi) is 5.75. The molecular weight excluding hydrogens is 410 g/mol. The fraction of sp³-hybridized carbons (Fsp3) is 0.550. The molecule has 0 aliphatic carbocycles. The smallest absolute Gasteiger partial charge is 0.322 e. The largest absolute Gasteiger partial charge is 0.378 e. The van der Waals surface area contributed by atoms with E-state index in [-0.39, 0.29) is 17.9 Å². The molecule has 4 rings (SSSR count). The summed E-state index contributed by atoms with van der Waals surface area (Å²) < 4.78 is 5.42. The van der Waals surface area contributed by atoms with Crippen molar-refractivity contribution >= 4 is 40.9 Å². The standard InChI is InChI=1S/C20H26ClN5O4/c1-20(17(27)23-18(28)24-20)13-5-7-26(8-6-13)19(29)22-15-4-2-3-14(21)16(15)25-9-11-30-12-10-25/h2-4,13H,5-12H2,1H3,(H,22,29)(H2,23,24,27,28). The molecule has 0 bridgehead atoms. The molecule has 30 heavy (non-hydrogen) atoms. The van der Waals surface area contributed by atoms with Gasteiger partial charge >= 0.3 is 12.1 Å². The minimum Gasteiger partial charge on any atom is -0.378 e. The van der Waals surface area contributed by atoms with Crippen molar-refractivity contribution in [1.29, 1.82) is 0 Å². The lowest BCUT2D eigenvalue weighted by Crippen LogP contribution is -2.54. The Morgan fingerprint density at radius 3 is 2.53 bits per heavy atom. The lowest BCUT2D eigenvalue weighted by Gasteiger charge is -2.38. The minimum absolute atomic E-state index is 0.0249. The van der Waals surface area contributed by atoms with Crippen molar-refractivity contribution < 1.29 is 19.1 Å². The van der Waals surface area contributed by atoms with Crippen LogP contribution < -0.4 is 20.9 Å². The molecule has 5 amide bonds. The van der Waals surface area contributed by atoms with Gasteiger partial charge < -0.3 is 25.2 Å². The molecule has 0 spiro atoms. The van der Waals surface area contributed by atoms with Crippen molar-refractivity contribution in [3.63, 3.8) is 0 Å². The minimum atomic E-state index is -0.921. The van der Waals surface area contributed by atoms with Crippen molar-refractivity contribution in [2.45, 2.75) is 25.3 Å². The first-order chi connectivity index (χ1) is 14.4. The number of hydrogen-bond donors (Lipinski definition) is 3. The third-order valence-corrected chi connectivity index (χ3v) is 6.53. The molecule has 3 aliphatic heterocycles. The highest BCUT2D eigenvalue weighted by Gasteiger charge is 2.48. The van der Waals surface area contributed by atoms with Gasteiger partial charge in [-0.15, -0.1) is 0 Å². The van der Waals surface area contributed by atoms with Crippen molar-refractivity contribution in [3.8, 4) is 0 Å². The van der Waals surface area contributed by atoms with Gasteiger partial charge in [0.05, 0.1) is 29.6 Å². The fourth-order valence-electron chi connectivity index (χ4n) is 4.42. The number of rotatable bonds is 3. The second-order valence-electron chi connectivity index (χ2n) is 8.04. The second kappa shape index (κ2) is 8.31. The highest BCUT2D eigenvalue weighted by Crippen LogP contribution is 2.35. The number of amides is 5. The van der Waals surface area contributed by atoms with E-state index in [0.29, 0.717) is 62.9 Å². The fourth-order valence-corrected chi connectivity index (χ4v) is 4.72. The summed E-state index contributed by atoms with van der Waals surface area (Å²) in [7, 11) is 0. The van der Waals surface area contributed by atoms with Gasteiger partial charge in [-0.05, 0) is 37.8 Å². The number of carbonyl (C=O) groups excluding carboxylic acids is 3. The summed E-state index contributed by atoms with van der Waals surface area (Å²) in [6.45, 7) is 5.42. The third-order valence-electron chi connectivity index (χ3n) is 6.23. The first-order valence-corrected chi connectivity index (χ1v) is 10.6. The summed E-state index contributed by atoms with van der Waals surface area (Å²) in [5.74, 6) is -0.326. The predicted molar refractivity (Wildman–Crippen MR) is 113 cm³/mol. The molecule has 3 saturated heterocycles. The summed E-state index contributed by atoms with van der Waals surface area (Å²) in [5, 5.41) is 8.63. The van der Waals surface area contributed by atoms with Gasteiger partial charge in [-0.3, -0.25) is 10.1 Å². The van der Waals surface area contributed by atoms with Gasteiger partial charge in [0.1, 0.15) is 5.54 Å².